The summed E-state index contributed by atoms with van der Waals surface area (Å²) >= 11 is 0. The van der Waals surface area contributed by atoms with Crippen LogP contribution in [0, 0.1) is 5.92 Å². The molecule has 3 nitrogen and oxygen atoms in total. The fourth-order valence-electron chi connectivity index (χ4n) is 2.40. The molecule has 0 bridgehead atoms. The lowest BCUT2D eigenvalue weighted by Crippen LogP contribution is -2.35. The lowest BCUT2D eigenvalue weighted by molar-refractivity contribution is 0.348. The standard InChI is InChI=1S/C11H23NO2S/c1-3-10-4-6-11(7-5-10)15(13,14)8-9(2)12/h9-11H,3-8,12H2,1-2H3. The molecule has 1 saturated carbocycles. The zero-order valence-electron chi connectivity index (χ0n) is 9.78. The molecule has 1 aliphatic rings. The Morgan fingerprint density at radius 2 is 1.80 bits per heavy atom. The molecule has 0 aromatic rings. The highest BCUT2D eigenvalue weighted by Crippen LogP contribution is 2.30. The Balaban J connectivity index is 2.52. The van der Waals surface area contributed by atoms with Gasteiger partial charge in [-0.3, -0.25) is 0 Å². The van der Waals surface area contributed by atoms with Gasteiger partial charge in [0.2, 0.25) is 0 Å². The van der Waals surface area contributed by atoms with Crippen molar-refractivity contribution in [3.63, 3.8) is 0 Å². The van der Waals surface area contributed by atoms with E-state index >= 15 is 0 Å². The van der Waals surface area contributed by atoms with Crippen molar-refractivity contribution in [1.29, 1.82) is 0 Å². The van der Waals surface area contributed by atoms with Crippen LogP contribution in [0.1, 0.15) is 46.0 Å². The van der Waals surface area contributed by atoms with Gasteiger partial charge >= 0.3 is 0 Å². The van der Waals surface area contributed by atoms with Crippen molar-refractivity contribution in [2.75, 3.05) is 5.75 Å². The monoisotopic (exact) mass is 233 g/mol. The first-order valence-electron chi connectivity index (χ1n) is 5.92. The zero-order valence-corrected chi connectivity index (χ0v) is 10.6. The maximum Gasteiger partial charge on any atom is 0.154 e. The van der Waals surface area contributed by atoms with Crippen LogP contribution in [0.5, 0.6) is 0 Å². The SMILES string of the molecule is CCC1CCC(S(=O)(=O)CC(C)N)CC1. The van der Waals surface area contributed by atoms with Crippen molar-refractivity contribution in [2.45, 2.75) is 57.2 Å². The van der Waals surface area contributed by atoms with Gasteiger partial charge in [-0.25, -0.2) is 8.42 Å². The van der Waals surface area contributed by atoms with Gasteiger partial charge in [0, 0.05) is 6.04 Å². The fourth-order valence-corrected chi connectivity index (χ4v) is 4.40. The molecule has 0 aromatic carbocycles. The van der Waals surface area contributed by atoms with Crippen LogP contribution in [0.15, 0.2) is 0 Å². The average Bonchev–Trinajstić information content (AvgIpc) is 2.16. The topological polar surface area (TPSA) is 60.2 Å². The molecule has 0 heterocycles. The van der Waals surface area contributed by atoms with Crippen LogP contribution < -0.4 is 5.73 Å². The third-order valence-electron chi connectivity index (χ3n) is 3.37. The second kappa shape index (κ2) is 5.30. The lowest BCUT2D eigenvalue weighted by Gasteiger charge is -2.27. The normalized spacial score (nSPS) is 30.1. The van der Waals surface area contributed by atoms with Crippen LogP contribution in [-0.4, -0.2) is 25.5 Å². The summed E-state index contributed by atoms with van der Waals surface area (Å²) in [5.74, 6) is 0.890. The minimum atomic E-state index is -2.94. The highest BCUT2D eigenvalue weighted by molar-refractivity contribution is 7.92. The van der Waals surface area contributed by atoms with Gasteiger partial charge in [-0.05, 0) is 38.5 Å². The Hall–Kier alpha value is -0.0900. The summed E-state index contributed by atoms with van der Waals surface area (Å²) in [6, 6.07) is -0.237. The molecule has 0 amide bonds. The smallest absolute Gasteiger partial charge is 0.154 e. The largest absolute Gasteiger partial charge is 0.327 e. The molecule has 15 heavy (non-hydrogen) atoms. The minimum Gasteiger partial charge on any atom is -0.327 e. The third kappa shape index (κ3) is 3.76. The van der Waals surface area contributed by atoms with E-state index in [0.717, 1.165) is 31.6 Å². The molecule has 0 aromatic heterocycles. The minimum absolute atomic E-state index is 0.119. The van der Waals surface area contributed by atoms with Crippen LogP contribution in [0.25, 0.3) is 0 Å². The lowest BCUT2D eigenvalue weighted by atomic mass is 9.87. The summed E-state index contributed by atoms with van der Waals surface area (Å²) in [6.45, 7) is 3.94. The Labute approximate surface area is 93.3 Å². The molecule has 1 aliphatic carbocycles. The summed E-state index contributed by atoms with van der Waals surface area (Å²) in [5, 5.41) is -0.119. The molecule has 0 saturated heterocycles. The first-order chi connectivity index (χ1) is 6.95. The third-order valence-corrected chi connectivity index (χ3v) is 5.85. The van der Waals surface area contributed by atoms with Crippen LogP contribution >= 0.6 is 0 Å². The molecule has 1 atom stereocenters. The summed E-state index contributed by atoms with van der Waals surface area (Å²) in [7, 11) is -2.94. The van der Waals surface area contributed by atoms with Gasteiger partial charge in [-0.1, -0.05) is 13.3 Å². The number of hydrogen-bond donors (Lipinski definition) is 1. The molecule has 0 radical (unpaired) electrons. The number of nitrogens with two attached hydrogens (primary N) is 1. The molecule has 1 fully saturated rings. The molecule has 90 valence electrons. The van der Waals surface area contributed by atoms with Gasteiger partial charge in [-0.15, -0.1) is 0 Å². The van der Waals surface area contributed by atoms with E-state index in [9.17, 15) is 8.42 Å². The van der Waals surface area contributed by atoms with Crippen molar-refractivity contribution in [3.8, 4) is 0 Å². The average molecular weight is 233 g/mol. The van der Waals surface area contributed by atoms with Gasteiger partial charge in [0.1, 0.15) is 0 Å². The maximum absolute atomic E-state index is 11.9. The first kappa shape index (κ1) is 13.0. The zero-order chi connectivity index (χ0) is 11.5. The van der Waals surface area contributed by atoms with Crippen molar-refractivity contribution >= 4 is 9.84 Å². The summed E-state index contributed by atoms with van der Waals surface area (Å²) < 4.78 is 23.8. The van der Waals surface area contributed by atoms with Crippen LogP contribution in [-0.2, 0) is 9.84 Å². The summed E-state index contributed by atoms with van der Waals surface area (Å²) in [5.41, 5.74) is 5.56. The predicted molar refractivity (Wildman–Crippen MR) is 63.5 cm³/mol. The van der Waals surface area contributed by atoms with E-state index in [1.807, 2.05) is 0 Å². The Kier molecular flexibility index (Phi) is 4.59. The van der Waals surface area contributed by atoms with Gasteiger partial charge in [0.15, 0.2) is 9.84 Å². The van der Waals surface area contributed by atoms with Gasteiger partial charge < -0.3 is 5.73 Å². The van der Waals surface area contributed by atoms with Crippen molar-refractivity contribution in [3.05, 3.63) is 0 Å². The number of rotatable bonds is 4. The Bertz CT molecular complexity index is 277. The highest BCUT2D eigenvalue weighted by Gasteiger charge is 2.30. The summed E-state index contributed by atoms with van der Waals surface area (Å²) in [4.78, 5) is 0. The van der Waals surface area contributed by atoms with Crippen LogP contribution in [0.4, 0.5) is 0 Å². The molecule has 0 aliphatic heterocycles. The second-order valence-corrected chi connectivity index (χ2v) is 7.18. The van der Waals surface area contributed by atoms with E-state index < -0.39 is 9.84 Å². The quantitative estimate of drug-likeness (QED) is 0.804. The van der Waals surface area contributed by atoms with Crippen LogP contribution in [0.2, 0.25) is 0 Å². The van der Waals surface area contributed by atoms with Gasteiger partial charge in [0.25, 0.3) is 0 Å². The van der Waals surface area contributed by atoms with Crippen molar-refractivity contribution in [1.82, 2.24) is 0 Å². The summed E-state index contributed by atoms with van der Waals surface area (Å²) in [6.07, 6.45) is 5.00. The number of hydrogen-bond acceptors (Lipinski definition) is 3. The van der Waals surface area contributed by atoms with E-state index in [-0.39, 0.29) is 17.0 Å². The van der Waals surface area contributed by atoms with E-state index in [1.165, 1.54) is 6.42 Å². The molecule has 2 N–H and O–H groups in total. The van der Waals surface area contributed by atoms with Crippen LogP contribution in [0.3, 0.4) is 0 Å². The molecular weight excluding hydrogens is 210 g/mol. The second-order valence-electron chi connectivity index (χ2n) is 4.86. The first-order valence-corrected chi connectivity index (χ1v) is 7.64. The molecule has 1 rings (SSSR count). The highest BCUT2D eigenvalue weighted by atomic mass is 32.2. The molecular formula is C11H23NO2S. The Morgan fingerprint density at radius 3 is 2.20 bits per heavy atom. The predicted octanol–water partition coefficient (Wildman–Crippen LogP) is 1.72. The van der Waals surface area contributed by atoms with Gasteiger partial charge in [0.05, 0.1) is 11.0 Å². The van der Waals surface area contributed by atoms with E-state index in [2.05, 4.69) is 6.92 Å². The Morgan fingerprint density at radius 1 is 1.27 bits per heavy atom. The number of sulfone groups is 1. The van der Waals surface area contributed by atoms with Crippen molar-refractivity contribution < 1.29 is 8.42 Å². The van der Waals surface area contributed by atoms with Gasteiger partial charge in [-0.2, -0.15) is 0 Å². The van der Waals surface area contributed by atoms with E-state index in [4.69, 9.17) is 5.73 Å². The van der Waals surface area contributed by atoms with E-state index in [0.29, 0.717) is 0 Å². The molecule has 4 heteroatoms. The molecule has 0 spiro atoms. The molecule has 1 unspecified atom stereocenters. The maximum atomic E-state index is 11.9. The fraction of sp³-hybridized carbons (Fsp3) is 1.00. The van der Waals surface area contributed by atoms with E-state index in [1.54, 1.807) is 6.92 Å². The van der Waals surface area contributed by atoms with Crippen molar-refractivity contribution in [2.24, 2.45) is 11.7 Å².